The minimum absolute atomic E-state index is 0.0316. The van der Waals surface area contributed by atoms with Gasteiger partial charge in [0.2, 0.25) is 0 Å². The number of nitrogens with zero attached hydrogens (tertiary/aromatic N) is 7. The van der Waals surface area contributed by atoms with Crippen molar-refractivity contribution in [2.24, 2.45) is 0 Å². The molecule has 10 nitrogen and oxygen atoms in total. The molecule has 0 amide bonds. The second-order valence-corrected chi connectivity index (χ2v) is 10.7. The first-order valence-corrected chi connectivity index (χ1v) is 14.1. The number of hydrogen-bond donors (Lipinski definition) is 1. The van der Waals surface area contributed by atoms with Crippen molar-refractivity contribution in [2.75, 3.05) is 0 Å². The van der Waals surface area contributed by atoms with Crippen molar-refractivity contribution in [3.8, 4) is 22.5 Å². The standard InChI is InChI=1S/C32H32N8O2/c1-5-38-31(41)27-30(40(32(38)42)21(4)23-11-7-6-8-12-23)33-29(20(2)3)39(27)19-22-15-17-24(18-16-22)25-13-9-10-14-26(25)28-34-36-37-35-28/h6-18,20-21H,5,19H2,1-4H3,(H,34,35,36,37). The van der Waals surface area contributed by atoms with Gasteiger partial charge in [0.05, 0.1) is 6.04 Å². The van der Waals surface area contributed by atoms with E-state index in [-0.39, 0.29) is 29.8 Å². The monoisotopic (exact) mass is 560 g/mol. The average molecular weight is 561 g/mol. The van der Waals surface area contributed by atoms with Crippen molar-refractivity contribution >= 4 is 11.2 Å². The Balaban J connectivity index is 1.47. The Morgan fingerprint density at radius 3 is 2.17 bits per heavy atom. The summed E-state index contributed by atoms with van der Waals surface area (Å²) in [5, 5.41) is 14.4. The van der Waals surface area contributed by atoms with Gasteiger partial charge in [-0.25, -0.2) is 14.9 Å². The van der Waals surface area contributed by atoms with Crippen molar-refractivity contribution in [1.82, 2.24) is 39.3 Å². The van der Waals surface area contributed by atoms with Crippen LogP contribution < -0.4 is 11.2 Å². The molecule has 3 heterocycles. The van der Waals surface area contributed by atoms with Gasteiger partial charge in [-0.2, -0.15) is 0 Å². The van der Waals surface area contributed by atoms with Gasteiger partial charge in [0.15, 0.2) is 17.0 Å². The van der Waals surface area contributed by atoms with Crippen LogP contribution in [0.15, 0.2) is 88.5 Å². The zero-order valence-corrected chi connectivity index (χ0v) is 24.0. The molecular weight excluding hydrogens is 528 g/mol. The Hall–Kier alpha value is -5.12. The molecule has 0 radical (unpaired) electrons. The molecule has 0 aliphatic rings. The summed E-state index contributed by atoms with van der Waals surface area (Å²) in [6, 6.07) is 25.7. The minimum atomic E-state index is -0.351. The van der Waals surface area contributed by atoms with Crippen molar-refractivity contribution in [3.63, 3.8) is 0 Å². The molecule has 1 unspecified atom stereocenters. The molecule has 1 atom stereocenters. The van der Waals surface area contributed by atoms with E-state index < -0.39 is 0 Å². The van der Waals surface area contributed by atoms with Crippen LogP contribution in [0.25, 0.3) is 33.7 Å². The summed E-state index contributed by atoms with van der Waals surface area (Å²) in [5.74, 6) is 1.39. The molecule has 0 fully saturated rings. The highest BCUT2D eigenvalue weighted by atomic mass is 16.2. The summed E-state index contributed by atoms with van der Waals surface area (Å²) in [4.78, 5) is 32.4. The van der Waals surface area contributed by atoms with E-state index >= 15 is 0 Å². The number of tetrazole rings is 1. The highest BCUT2D eigenvalue weighted by Gasteiger charge is 2.25. The second-order valence-electron chi connectivity index (χ2n) is 10.7. The van der Waals surface area contributed by atoms with E-state index in [4.69, 9.17) is 4.98 Å². The van der Waals surface area contributed by atoms with Gasteiger partial charge in [-0.05, 0) is 46.5 Å². The van der Waals surface area contributed by atoms with Gasteiger partial charge in [0.25, 0.3) is 5.56 Å². The van der Waals surface area contributed by atoms with E-state index in [2.05, 4.69) is 58.7 Å². The molecule has 6 aromatic rings. The fourth-order valence-corrected chi connectivity index (χ4v) is 5.57. The molecule has 3 aromatic heterocycles. The molecule has 42 heavy (non-hydrogen) atoms. The molecule has 0 spiro atoms. The smallest absolute Gasteiger partial charge is 0.317 e. The Morgan fingerprint density at radius 1 is 0.833 bits per heavy atom. The maximum atomic E-state index is 13.8. The molecule has 212 valence electrons. The van der Waals surface area contributed by atoms with E-state index in [0.717, 1.165) is 33.6 Å². The van der Waals surface area contributed by atoms with E-state index in [1.54, 1.807) is 4.57 Å². The molecule has 0 saturated carbocycles. The lowest BCUT2D eigenvalue weighted by Gasteiger charge is -2.18. The molecule has 0 aliphatic carbocycles. The third-order valence-corrected chi connectivity index (χ3v) is 7.73. The van der Waals surface area contributed by atoms with Crippen LogP contribution in [0.2, 0.25) is 0 Å². The van der Waals surface area contributed by atoms with Crippen LogP contribution in [-0.4, -0.2) is 39.3 Å². The van der Waals surface area contributed by atoms with Crippen molar-refractivity contribution in [1.29, 1.82) is 0 Å². The number of H-pyrrole nitrogens is 1. The number of aromatic amines is 1. The average Bonchev–Trinajstić information content (AvgIpc) is 3.67. The molecule has 0 aliphatic heterocycles. The quantitative estimate of drug-likeness (QED) is 0.280. The molecule has 6 rings (SSSR count). The van der Waals surface area contributed by atoms with Gasteiger partial charge < -0.3 is 4.57 Å². The summed E-state index contributed by atoms with van der Waals surface area (Å²) in [6.07, 6.45) is 0. The Labute approximate surface area is 242 Å². The first kappa shape index (κ1) is 27.1. The topological polar surface area (TPSA) is 116 Å². The summed E-state index contributed by atoms with van der Waals surface area (Å²) in [7, 11) is 0. The summed E-state index contributed by atoms with van der Waals surface area (Å²) < 4.78 is 4.95. The molecule has 0 bridgehead atoms. The first-order valence-electron chi connectivity index (χ1n) is 14.1. The van der Waals surface area contributed by atoms with Gasteiger partial charge in [0, 0.05) is 24.6 Å². The van der Waals surface area contributed by atoms with Crippen LogP contribution in [-0.2, 0) is 13.1 Å². The van der Waals surface area contributed by atoms with E-state index in [1.807, 2.05) is 73.0 Å². The fraction of sp³-hybridized carbons (Fsp3) is 0.250. The first-order chi connectivity index (χ1) is 20.4. The van der Waals surface area contributed by atoms with Gasteiger partial charge in [0.1, 0.15) is 5.82 Å². The lowest BCUT2D eigenvalue weighted by Crippen LogP contribution is -2.41. The number of hydrogen-bond acceptors (Lipinski definition) is 6. The summed E-state index contributed by atoms with van der Waals surface area (Å²) in [5.41, 5.74) is 5.10. The molecule has 1 N–H and O–H groups in total. The highest BCUT2D eigenvalue weighted by molar-refractivity contribution is 5.80. The number of fused-ring (bicyclic) bond motifs is 1. The molecule has 10 heteroatoms. The van der Waals surface area contributed by atoms with Crippen molar-refractivity contribution < 1.29 is 0 Å². The zero-order chi connectivity index (χ0) is 29.4. The molecule has 0 saturated heterocycles. The van der Waals surface area contributed by atoms with Gasteiger partial charge >= 0.3 is 5.69 Å². The molecular formula is C32H32N8O2. The Bertz CT molecular complexity index is 1970. The third kappa shape index (κ3) is 4.64. The van der Waals surface area contributed by atoms with Crippen LogP contribution >= 0.6 is 0 Å². The number of benzene rings is 3. The van der Waals surface area contributed by atoms with Crippen LogP contribution in [0, 0.1) is 0 Å². The largest absolute Gasteiger partial charge is 0.333 e. The lowest BCUT2D eigenvalue weighted by atomic mass is 9.98. The van der Waals surface area contributed by atoms with Gasteiger partial charge in [-0.1, -0.05) is 92.7 Å². The highest BCUT2D eigenvalue weighted by Crippen LogP contribution is 2.30. The predicted octanol–water partition coefficient (Wildman–Crippen LogP) is 5.01. The molecule has 3 aromatic carbocycles. The Morgan fingerprint density at radius 2 is 1.52 bits per heavy atom. The zero-order valence-electron chi connectivity index (χ0n) is 24.0. The number of nitrogens with one attached hydrogen (secondary N) is 1. The van der Waals surface area contributed by atoms with E-state index in [0.29, 0.717) is 23.5 Å². The summed E-state index contributed by atoms with van der Waals surface area (Å²) in [6.45, 7) is 8.61. The minimum Gasteiger partial charge on any atom is -0.317 e. The number of imidazole rings is 1. The maximum absolute atomic E-state index is 13.8. The van der Waals surface area contributed by atoms with Crippen LogP contribution in [0.5, 0.6) is 0 Å². The predicted molar refractivity (Wildman–Crippen MR) is 162 cm³/mol. The number of rotatable bonds is 8. The Kier molecular flexibility index (Phi) is 7.12. The fourth-order valence-electron chi connectivity index (χ4n) is 5.57. The van der Waals surface area contributed by atoms with Gasteiger partial charge in [-0.3, -0.25) is 13.9 Å². The second kappa shape index (κ2) is 11.0. The SMILES string of the molecule is CCn1c(=O)c2c(nc(C(C)C)n2Cc2ccc(-c3ccccc3-c3nnn[nH]3)cc2)n(C(C)c2ccccc2)c1=O. The van der Waals surface area contributed by atoms with Crippen LogP contribution in [0.3, 0.4) is 0 Å². The lowest BCUT2D eigenvalue weighted by molar-refractivity contribution is 0.555. The normalized spacial score (nSPS) is 12.3. The van der Waals surface area contributed by atoms with Crippen molar-refractivity contribution in [2.45, 2.75) is 52.7 Å². The maximum Gasteiger partial charge on any atom is 0.333 e. The van der Waals surface area contributed by atoms with Crippen LogP contribution in [0.4, 0.5) is 0 Å². The van der Waals surface area contributed by atoms with E-state index in [1.165, 1.54) is 4.57 Å². The van der Waals surface area contributed by atoms with Crippen LogP contribution in [0.1, 0.15) is 56.6 Å². The number of aromatic nitrogens is 8. The van der Waals surface area contributed by atoms with Crippen molar-refractivity contribution in [3.05, 3.63) is 117 Å². The van der Waals surface area contributed by atoms with E-state index in [9.17, 15) is 9.59 Å². The summed E-state index contributed by atoms with van der Waals surface area (Å²) >= 11 is 0. The third-order valence-electron chi connectivity index (χ3n) is 7.73. The van der Waals surface area contributed by atoms with Gasteiger partial charge in [-0.15, -0.1) is 5.10 Å².